The highest BCUT2D eigenvalue weighted by atomic mass is 127. The van der Waals surface area contributed by atoms with Crippen LogP contribution in [-0.4, -0.2) is 20.2 Å². The minimum atomic E-state index is -0.586. The van der Waals surface area contributed by atoms with Gasteiger partial charge in [0.25, 0.3) is 0 Å². The molecule has 1 N–H and O–H groups in total. The minimum Gasteiger partial charge on any atom is -0.319 e. The summed E-state index contributed by atoms with van der Waals surface area (Å²) in [7, 11) is 0. The summed E-state index contributed by atoms with van der Waals surface area (Å²) >= 11 is 10.6. The highest BCUT2D eigenvalue weighted by molar-refractivity contribution is 14.1. The van der Waals surface area contributed by atoms with Crippen molar-refractivity contribution in [1.82, 2.24) is 14.5 Å². The minimum absolute atomic E-state index is 0.586. The second kappa shape index (κ2) is 14.3. The van der Waals surface area contributed by atoms with Crippen LogP contribution in [0, 0.1) is 3.57 Å². The smallest absolute Gasteiger partial charge is 0.203 e. The van der Waals surface area contributed by atoms with Crippen LogP contribution in [0.15, 0.2) is 138 Å². The Morgan fingerprint density at radius 2 is 1.45 bits per heavy atom. The molecule has 1 saturated carbocycles. The summed E-state index contributed by atoms with van der Waals surface area (Å²) in [5, 5.41) is 8.09. The normalized spacial score (nSPS) is 12.8. The maximum absolute atomic E-state index is 6.69. The van der Waals surface area contributed by atoms with Gasteiger partial charge < -0.3 is 4.57 Å². The van der Waals surface area contributed by atoms with Gasteiger partial charge in [-0.1, -0.05) is 103 Å². The van der Waals surface area contributed by atoms with E-state index in [0.717, 1.165) is 50.9 Å². The molecule has 1 fully saturated rings. The highest BCUT2D eigenvalue weighted by Crippen LogP contribution is 2.43. The lowest BCUT2D eigenvalue weighted by Crippen LogP contribution is -2.37. The van der Waals surface area contributed by atoms with Gasteiger partial charge >= 0.3 is 0 Å². The largest absolute Gasteiger partial charge is 0.319 e. The fourth-order valence-corrected chi connectivity index (χ4v) is 6.88. The van der Waals surface area contributed by atoms with E-state index >= 15 is 0 Å². The summed E-state index contributed by atoms with van der Waals surface area (Å²) in [5.74, 6) is 0. The average Bonchev–Trinajstić information content (AvgIpc) is 3.88. The van der Waals surface area contributed by atoms with Crippen LogP contribution in [0.3, 0.4) is 0 Å². The molecule has 7 rings (SSSR count). The van der Waals surface area contributed by atoms with E-state index in [1.54, 1.807) is 17.5 Å². The maximum Gasteiger partial charge on any atom is 0.203 e. The molecule has 1 aliphatic carbocycles. The van der Waals surface area contributed by atoms with Gasteiger partial charge in [-0.2, -0.15) is 5.10 Å². The predicted molar refractivity (Wildman–Crippen MR) is 192 cm³/mol. The lowest BCUT2D eigenvalue weighted by Gasteiger charge is -2.37. The van der Waals surface area contributed by atoms with Crippen LogP contribution in [-0.2, 0) is 5.54 Å². The second-order valence-corrected chi connectivity index (χ2v) is 12.9. The van der Waals surface area contributed by atoms with Crippen molar-refractivity contribution < 1.29 is 0 Å². The Labute approximate surface area is 280 Å². The standard InChI is InChI=1S/C22H17ClN2.C14H14IN3S/c23-21-14-8-7-13-20(21)22(25-16-15-24-17-25,18-9-3-1-4-10-18)19-11-5-2-6-12-19;15-11-7-5-10(6-8-11)13-9-19-14(16-13)18-17-12-3-1-2-4-12/h1-17H;5-9H,1-4H2,(H,16,18). The average molecular weight is 728 g/mol. The van der Waals surface area contributed by atoms with E-state index in [2.05, 4.69) is 132 Å². The van der Waals surface area contributed by atoms with Gasteiger partial charge in [0.05, 0.1) is 12.0 Å². The molecule has 0 aliphatic heterocycles. The maximum atomic E-state index is 6.69. The zero-order chi connectivity index (χ0) is 30.2. The SMILES string of the molecule is Clc1ccccc1C(c1ccccc1)(c1ccccc1)n1ccnc1.Ic1ccc(-c2csc(NN=C3CCCC3)n2)cc1. The van der Waals surface area contributed by atoms with E-state index < -0.39 is 5.54 Å². The number of benzene rings is 4. The highest BCUT2D eigenvalue weighted by Gasteiger charge is 2.39. The van der Waals surface area contributed by atoms with Gasteiger partial charge in [-0.25, -0.2) is 9.97 Å². The fourth-order valence-electron chi connectivity index (χ4n) is 5.59. The number of halogens is 2. The number of thiazole rings is 1. The summed E-state index contributed by atoms with van der Waals surface area (Å²) in [6, 6.07) is 37.2. The lowest BCUT2D eigenvalue weighted by molar-refractivity contribution is 0.515. The van der Waals surface area contributed by atoms with Gasteiger partial charge in [0, 0.05) is 43.2 Å². The van der Waals surface area contributed by atoms with Gasteiger partial charge in [-0.05, 0) is 77.6 Å². The van der Waals surface area contributed by atoms with Gasteiger partial charge in [-0.3, -0.25) is 5.43 Å². The van der Waals surface area contributed by atoms with Crippen LogP contribution in [0.5, 0.6) is 0 Å². The summed E-state index contributed by atoms with van der Waals surface area (Å²) in [6.45, 7) is 0. The van der Waals surface area contributed by atoms with Crippen molar-refractivity contribution in [3.63, 3.8) is 0 Å². The molecule has 0 atom stereocenters. The fraction of sp³-hybridized carbons (Fsp3) is 0.139. The molecule has 0 bridgehead atoms. The van der Waals surface area contributed by atoms with Gasteiger partial charge in [0.1, 0.15) is 5.54 Å². The molecule has 220 valence electrons. The number of hydrogen-bond acceptors (Lipinski definition) is 5. The molecule has 0 spiro atoms. The first-order valence-electron chi connectivity index (χ1n) is 14.5. The Morgan fingerprint density at radius 1 is 0.818 bits per heavy atom. The predicted octanol–water partition coefficient (Wildman–Crippen LogP) is 10.1. The van der Waals surface area contributed by atoms with E-state index in [9.17, 15) is 0 Å². The van der Waals surface area contributed by atoms with Crippen molar-refractivity contribution in [2.75, 3.05) is 5.43 Å². The molecule has 1 aliphatic rings. The Balaban J connectivity index is 0.000000162. The van der Waals surface area contributed by atoms with Crippen molar-refractivity contribution in [1.29, 1.82) is 0 Å². The van der Waals surface area contributed by atoms with E-state index in [4.69, 9.17) is 11.6 Å². The number of anilines is 1. The van der Waals surface area contributed by atoms with Crippen LogP contribution >= 0.6 is 45.5 Å². The van der Waals surface area contributed by atoms with E-state index in [1.165, 1.54) is 22.1 Å². The summed E-state index contributed by atoms with van der Waals surface area (Å²) in [6.07, 6.45) is 10.4. The topological polar surface area (TPSA) is 55.1 Å². The first-order chi connectivity index (χ1) is 21.6. The van der Waals surface area contributed by atoms with Crippen LogP contribution in [0.1, 0.15) is 42.4 Å². The Kier molecular flexibility index (Phi) is 9.85. The third-order valence-electron chi connectivity index (χ3n) is 7.67. The third-order valence-corrected chi connectivity index (χ3v) is 9.47. The first kappa shape index (κ1) is 30.2. The van der Waals surface area contributed by atoms with Crippen LogP contribution in [0.25, 0.3) is 11.3 Å². The number of nitrogens with zero attached hydrogens (tertiary/aromatic N) is 4. The molecular formula is C36H31ClIN5S. The van der Waals surface area contributed by atoms with Gasteiger partial charge in [0.2, 0.25) is 5.13 Å². The quantitative estimate of drug-likeness (QED) is 0.101. The van der Waals surface area contributed by atoms with Crippen molar-refractivity contribution >= 4 is 56.4 Å². The number of rotatable bonds is 7. The summed E-state index contributed by atoms with van der Waals surface area (Å²) in [5.41, 5.74) is 9.21. The van der Waals surface area contributed by atoms with Crippen LogP contribution < -0.4 is 5.43 Å². The first-order valence-corrected chi connectivity index (χ1v) is 16.9. The Bertz CT molecular complexity index is 1760. The van der Waals surface area contributed by atoms with Crippen LogP contribution in [0.2, 0.25) is 5.02 Å². The molecule has 4 aromatic carbocycles. The van der Waals surface area contributed by atoms with Crippen molar-refractivity contribution in [2.45, 2.75) is 31.2 Å². The van der Waals surface area contributed by atoms with E-state index in [-0.39, 0.29) is 0 Å². The molecule has 0 radical (unpaired) electrons. The monoisotopic (exact) mass is 727 g/mol. The molecule has 0 saturated heterocycles. The second-order valence-electron chi connectivity index (χ2n) is 10.4. The molecule has 0 amide bonds. The van der Waals surface area contributed by atoms with Crippen molar-refractivity contribution in [3.8, 4) is 11.3 Å². The molecule has 8 heteroatoms. The van der Waals surface area contributed by atoms with Crippen molar-refractivity contribution in [3.05, 3.63) is 159 Å². The molecule has 5 nitrogen and oxygen atoms in total. The number of imidazole rings is 1. The zero-order valence-electron chi connectivity index (χ0n) is 24.0. The summed E-state index contributed by atoms with van der Waals surface area (Å²) < 4.78 is 3.36. The Morgan fingerprint density at radius 3 is 2.07 bits per heavy atom. The van der Waals surface area contributed by atoms with E-state index in [0.29, 0.717) is 0 Å². The molecular weight excluding hydrogens is 697 g/mol. The van der Waals surface area contributed by atoms with Gasteiger partial charge in [-0.15, -0.1) is 11.3 Å². The number of aromatic nitrogens is 3. The van der Waals surface area contributed by atoms with Crippen molar-refractivity contribution in [2.24, 2.45) is 5.10 Å². The van der Waals surface area contributed by atoms with Crippen LogP contribution in [0.4, 0.5) is 5.13 Å². The molecule has 2 aromatic heterocycles. The third kappa shape index (κ3) is 6.65. The molecule has 6 aromatic rings. The molecule has 0 unspecified atom stereocenters. The van der Waals surface area contributed by atoms with Gasteiger partial charge in [0.15, 0.2) is 0 Å². The van der Waals surface area contributed by atoms with E-state index in [1.807, 2.05) is 42.9 Å². The lowest BCUT2D eigenvalue weighted by atomic mass is 9.76. The number of nitrogens with one attached hydrogen (secondary N) is 1. The Hall–Kier alpha value is -3.79. The molecule has 44 heavy (non-hydrogen) atoms. The number of hydrogen-bond donors (Lipinski definition) is 1. The summed E-state index contributed by atoms with van der Waals surface area (Å²) in [4.78, 5) is 8.88. The molecule has 2 heterocycles. The zero-order valence-corrected chi connectivity index (χ0v) is 27.7. The number of hydrazone groups is 1.